The average molecular weight is 246 g/mol. The second-order valence-corrected chi connectivity index (χ2v) is 4.70. The molecule has 1 aromatic rings. The summed E-state index contributed by atoms with van der Waals surface area (Å²) in [7, 11) is 0. The maximum Gasteiger partial charge on any atom is 0.0876 e. The molecular weight excluding hydrogens is 224 g/mol. The van der Waals surface area contributed by atoms with Crippen LogP contribution in [0.25, 0.3) is 0 Å². The van der Waals surface area contributed by atoms with Crippen molar-refractivity contribution >= 4 is 0 Å². The van der Waals surface area contributed by atoms with Crippen LogP contribution in [0.3, 0.4) is 0 Å². The lowest BCUT2D eigenvalue weighted by atomic mass is 9.97. The average Bonchev–Trinajstić information content (AvgIpc) is 2.45. The fourth-order valence-corrected chi connectivity index (χ4v) is 2.22. The predicted octanol–water partition coefficient (Wildman–Crippen LogP) is 2.69. The van der Waals surface area contributed by atoms with E-state index in [0.29, 0.717) is 6.04 Å². The summed E-state index contributed by atoms with van der Waals surface area (Å²) in [4.78, 5) is 4.41. The summed E-state index contributed by atoms with van der Waals surface area (Å²) in [6.45, 7) is 4.08. The Hall–Kier alpha value is -1.35. The molecule has 1 atom stereocenters. The molecule has 2 rings (SSSR count). The summed E-state index contributed by atoms with van der Waals surface area (Å²) in [6, 6.07) is 6.46. The van der Waals surface area contributed by atoms with Crippen LogP contribution in [0, 0.1) is 0 Å². The van der Waals surface area contributed by atoms with E-state index in [0.717, 1.165) is 44.5 Å². The van der Waals surface area contributed by atoms with Gasteiger partial charge in [-0.15, -0.1) is 0 Å². The third-order valence-corrected chi connectivity index (χ3v) is 3.19. The van der Waals surface area contributed by atoms with E-state index in [9.17, 15) is 0 Å². The summed E-state index contributed by atoms with van der Waals surface area (Å²) in [6.07, 6.45) is 8.15. The molecule has 0 bridgehead atoms. The lowest BCUT2D eigenvalue weighted by Gasteiger charge is -2.24. The van der Waals surface area contributed by atoms with Crippen molar-refractivity contribution in [2.24, 2.45) is 0 Å². The molecule has 0 saturated heterocycles. The van der Waals surface area contributed by atoms with Crippen molar-refractivity contribution in [3.8, 4) is 0 Å². The first kappa shape index (κ1) is 13.1. The van der Waals surface area contributed by atoms with Crippen LogP contribution in [0.5, 0.6) is 0 Å². The smallest absolute Gasteiger partial charge is 0.0876 e. The number of nitrogens with zero attached hydrogens (tertiary/aromatic N) is 1. The van der Waals surface area contributed by atoms with Crippen LogP contribution in [0.15, 0.2) is 36.2 Å². The maximum absolute atomic E-state index is 5.46. The molecule has 1 N–H and O–H groups in total. The van der Waals surface area contributed by atoms with Crippen LogP contribution in [0.4, 0.5) is 0 Å². The van der Waals surface area contributed by atoms with Gasteiger partial charge in [0, 0.05) is 24.4 Å². The largest absolute Gasteiger partial charge is 0.501 e. The number of aromatic nitrogens is 1. The monoisotopic (exact) mass is 246 g/mol. The zero-order valence-electron chi connectivity index (χ0n) is 11.1. The number of hydrogen-bond donors (Lipinski definition) is 1. The molecule has 98 valence electrons. The molecule has 0 amide bonds. The molecule has 1 aliphatic rings. The SMILES string of the molecule is CCCNC(Cc1ccccn1)C1=COCCC1. The first-order valence-electron chi connectivity index (χ1n) is 6.84. The van der Waals surface area contributed by atoms with Gasteiger partial charge in [0.2, 0.25) is 0 Å². The number of rotatable bonds is 6. The summed E-state index contributed by atoms with van der Waals surface area (Å²) in [5, 5.41) is 3.60. The Morgan fingerprint density at radius 1 is 1.44 bits per heavy atom. The van der Waals surface area contributed by atoms with Crippen molar-refractivity contribution in [1.29, 1.82) is 0 Å². The third kappa shape index (κ3) is 3.84. The van der Waals surface area contributed by atoms with Crippen molar-refractivity contribution in [1.82, 2.24) is 10.3 Å². The van der Waals surface area contributed by atoms with Gasteiger partial charge in [0.15, 0.2) is 0 Å². The van der Waals surface area contributed by atoms with Crippen molar-refractivity contribution in [2.75, 3.05) is 13.2 Å². The van der Waals surface area contributed by atoms with Crippen LogP contribution in [-0.2, 0) is 11.2 Å². The van der Waals surface area contributed by atoms with E-state index in [1.165, 1.54) is 5.57 Å². The van der Waals surface area contributed by atoms with Gasteiger partial charge in [-0.3, -0.25) is 4.98 Å². The topological polar surface area (TPSA) is 34.2 Å². The minimum absolute atomic E-state index is 0.361. The Morgan fingerprint density at radius 3 is 3.06 bits per heavy atom. The minimum Gasteiger partial charge on any atom is -0.501 e. The molecule has 1 aliphatic heterocycles. The highest BCUT2D eigenvalue weighted by Crippen LogP contribution is 2.18. The highest BCUT2D eigenvalue weighted by molar-refractivity contribution is 5.15. The summed E-state index contributed by atoms with van der Waals surface area (Å²) in [5.41, 5.74) is 2.51. The van der Waals surface area contributed by atoms with Gasteiger partial charge in [0.1, 0.15) is 0 Å². The van der Waals surface area contributed by atoms with E-state index in [1.54, 1.807) is 0 Å². The third-order valence-electron chi connectivity index (χ3n) is 3.19. The van der Waals surface area contributed by atoms with E-state index in [1.807, 2.05) is 24.6 Å². The Kier molecular flexibility index (Phi) is 5.21. The van der Waals surface area contributed by atoms with Crippen LogP contribution in [0.1, 0.15) is 31.9 Å². The van der Waals surface area contributed by atoms with Gasteiger partial charge < -0.3 is 10.1 Å². The number of pyridine rings is 1. The van der Waals surface area contributed by atoms with Crippen molar-refractivity contribution in [2.45, 2.75) is 38.6 Å². The lowest BCUT2D eigenvalue weighted by Crippen LogP contribution is -2.34. The quantitative estimate of drug-likeness (QED) is 0.838. The Morgan fingerprint density at radius 2 is 2.39 bits per heavy atom. The van der Waals surface area contributed by atoms with E-state index in [-0.39, 0.29) is 0 Å². The minimum atomic E-state index is 0.361. The molecular formula is C15H22N2O. The lowest BCUT2D eigenvalue weighted by molar-refractivity contribution is 0.219. The highest BCUT2D eigenvalue weighted by atomic mass is 16.5. The molecule has 0 aliphatic carbocycles. The molecule has 3 heteroatoms. The van der Waals surface area contributed by atoms with Crippen molar-refractivity contribution in [3.63, 3.8) is 0 Å². The second kappa shape index (κ2) is 7.17. The summed E-state index contributed by atoms with van der Waals surface area (Å²) >= 11 is 0. The predicted molar refractivity (Wildman–Crippen MR) is 73.3 cm³/mol. The molecule has 0 fully saturated rings. The molecule has 0 radical (unpaired) electrons. The van der Waals surface area contributed by atoms with Crippen LogP contribution in [0.2, 0.25) is 0 Å². The normalized spacial score (nSPS) is 16.8. The molecule has 2 heterocycles. The molecule has 18 heavy (non-hydrogen) atoms. The fraction of sp³-hybridized carbons (Fsp3) is 0.533. The number of nitrogens with one attached hydrogen (secondary N) is 1. The molecule has 0 spiro atoms. The standard InChI is InChI=1S/C15H22N2O/c1-2-8-17-15(13-6-5-10-18-12-13)11-14-7-3-4-9-16-14/h3-4,7,9,12,15,17H,2,5-6,8,10-11H2,1H3. The first-order valence-corrected chi connectivity index (χ1v) is 6.84. The summed E-state index contributed by atoms with van der Waals surface area (Å²) < 4.78 is 5.46. The van der Waals surface area contributed by atoms with E-state index < -0.39 is 0 Å². The van der Waals surface area contributed by atoms with Gasteiger partial charge in [0.25, 0.3) is 0 Å². The van der Waals surface area contributed by atoms with Gasteiger partial charge in [0.05, 0.1) is 12.9 Å². The van der Waals surface area contributed by atoms with Gasteiger partial charge in [-0.25, -0.2) is 0 Å². The van der Waals surface area contributed by atoms with E-state index in [4.69, 9.17) is 4.74 Å². The zero-order chi connectivity index (χ0) is 12.6. The first-order chi connectivity index (χ1) is 8.90. The number of hydrogen-bond acceptors (Lipinski definition) is 3. The molecule has 0 saturated carbocycles. The molecule has 1 unspecified atom stereocenters. The Balaban J connectivity index is 2.02. The summed E-state index contributed by atoms with van der Waals surface area (Å²) in [5.74, 6) is 0. The van der Waals surface area contributed by atoms with E-state index in [2.05, 4.69) is 23.3 Å². The number of ether oxygens (including phenoxy) is 1. The van der Waals surface area contributed by atoms with Gasteiger partial charge in [-0.2, -0.15) is 0 Å². The van der Waals surface area contributed by atoms with E-state index >= 15 is 0 Å². The van der Waals surface area contributed by atoms with Crippen LogP contribution < -0.4 is 5.32 Å². The van der Waals surface area contributed by atoms with Gasteiger partial charge in [-0.05, 0) is 43.5 Å². The molecule has 3 nitrogen and oxygen atoms in total. The van der Waals surface area contributed by atoms with Crippen LogP contribution in [-0.4, -0.2) is 24.2 Å². The van der Waals surface area contributed by atoms with Crippen LogP contribution >= 0.6 is 0 Å². The maximum atomic E-state index is 5.46. The fourth-order valence-electron chi connectivity index (χ4n) is 2.22. The Bertz CT molecular complexity index is 375. The van der Waals surface area contributed by atoms with Gasteiger partial charge >= 0.3 is 0 Å². The van der Waals surface area contributed by atoms with Gasteiger partial charge in [-0.1, -0.05) is 13.0 Å². The molecule has 1 aromatic heterocycles. The van der Waals surface area contributed by atoms with Crippen molar-refractivity contribution in [3.05, 3.63) is 41.9 Å². The van der Waals surface area contributed by atoms with Crippen molar-refractivity contribution < 1.29 is 4.74 Å². The second-order valence-electron chi connectivity index (χ2n) is 4.70. The highest BCUT2D eigenvalue weighted by Gasteiger charge is 2.17. The zero-order valence-corrected chi connectivity index (χ0v) is 11.1. The molecule has 0 aromatic carbocycles. The Labute approximate surface area is 109 Å².